The molecule has 0 amide bonds. The molecule has 22 heavy (non-hydrogen) atoms. The molecule has 0 saturated heterocycles. The minimum Gasteiger partial charge on any atom is -0.508 e. The van der Waals surface area contributed by atoms with Crippen molar-refractivity contribution in [3.8, 4) is 11.4 Å². The maximum atomic E-state index is 12.9. The zero-order valence-corrected chi connectivity index (χ0v) is 11.5. The molecule has 0 bridgehead atoms. The lowest BCUT2D eigenvalue weighted by molar-refractivity contribution is -0.144. The molecule has 3 aromatic rings. The second-order valence-corrected chi connectivity index (χ2v) is 4.65. The van der Waals surface area contributed by atoms with Crippen LogP contribution in [-0.2, 0) is 12.6 Å². The van der Waals surface area contributed by atoms with Crippen LogP contribution < -0.4 is 0 Å². The van der Waals surface area contributed by atoms with Gasteiger partial charge in [-0.15, -0.1) is 0 Å². The number of nitrogens with zero attached hydrogens (tertiary/aromatic N) is 4. The molecular weight excluding hydrogens is 297 g/mol. The van der Waals surface area contributed by atoms with Crippen molar-refractivity contribution in [1.29, 1.82) is 0 Å². The number of hydrogen-bond donors (Lipinski definition) is 1. The van der Waals surface area contributed by atoms with E-state index in [1.165, 1.54) is 23.0 Å². The molecular formula is C14H11F3N4O. The van der Waals surface area contributed by atoms with E-state index < -0.39 is 12.0 Å². The van der Waals surface area contributed by atoms with E-state index >= 15 is 0 Å². The molecule has 0 fully saturated rings. The van der Waals surface area contributed by atoms with Crippen LogP contribution in [0.2, 0.25) is 0 Å². The first-order valence-corrected chi connectivity index (χ1v) is 6.50. The highest BCUT2D eigenvalue weighted by molar-refractivity contribution is 5.75. The van der Waals surface area contributed by atoms with Crippen LogP contribution in [0.1, 0.15) is 18.4 Å². The smallest absolute Gasteiger partial charge is 0.451 e. The highest BCUT2D eigenvalue weighted by atomic mass is 19.4. The van der Waals surface area contributed by atoms with Crippen LogP contribution in [0.5, 0.6) is 5.75 Å². The first-order valence-electron chi connectivity index (χ1n) is 6.50. The first kappa shape index (κ1) is 14.3. The summed E-state index contributed by atoms with van der Waals surface area (Å²) in [6, 6.07) is 6.01. The van der Waals surface area contributed by atoms with Crippen LogP contribution in [0.15, 0.2) is 30.6 Å². The summed E-state index contributed by atoms with van der Waals surface area (Å²) in [5.74, 6) is -1.12. The van der Waals surface area contributed by atoms with E-state index in [1.807, 2.05) is 0 Å². The SMILES string of the molecule is CCc1nc(C(F)(F)F)nc2c1ncn2-c1ccc(O)cc1. The average molecular weight is 308 g/mol. The molecule has 3 rings (SSSR count). The summed E-state index contributed by atoms with van der Waals surface area (Å²) in [4.78, 5) is 11.3. The zero-order chi connectivity index (χ0) is 15.9. The largest absolute Gasteiger partial charge is 0.508 e. The van der Waals surface area contributed by atoms with Gasteiger partial charge in [-0.2, -0.15) is 13.2 Å². The minimum absolute atomic E-state index is 0.0630. The molecule has 114 valence electrons. The van der Waals surface area contributed by atoms with Crippen molar-refractivity contribution in [3.05, 3.63) is 42.1 Å². The molecule has 0 atom stereocenters. The van der Waals surface area contributed by atoms with Crippen molar-refractivity contribution in [2.45, 2.75) is 19.5 Å². The molecule has 1 aromatic carbocycles. The van der Waals surface area contributed by atoms with Gasteiger partial charge in [0.2, 0.25) is 5.82 Å². The van der Waals surface area contributed by atoms with Gasteiger partial charge in [0.1, 0.15) is 17.6 Å². The van der Waals surface area contributed by atoms with E-state index in [-0.39, 0.29) is 17.1 Å². The number of phenolic OH excluding ortho intramolecular Hbond substituents is 1. The minimum atomic E-state index is -4.62. The maximum Gasteiger partial charge on any atom is 0.451 e. The second kappa shape index (κ2) is 4.97. The molecule has 0 aliphatic rings. The zero-order valence-electron chi connectivity index (χ0n) is 11.5. The molecule has 0 saturated carbocycles. The molecule has 2 aromatic heterocycles. The maximum absolute atomic E-state index is 12.9. The number of aromatic hydroxyl groups is 1. The Hall–Kier alpha value is -2.64. The third-order valence-corrected chi connectivity index (χ3v) is 3.18. The summed E-state index contributed by atoms with van der Waals surface area (Å²) in [5.41, 5.74) is 1.22. The Kier molecular flexibility index (Phi) is 3.23. The number of halogens is 3. The number of fused-ring (bicyclic) bond motifs is 1. The molecule has 0 aliphatic carbocycles. The molecule has 1 N–H and O–H groups in total. The Morgan fingerprint density at radius 1 is 1.14 bits per heavy atom. The summed E-state index contributed by atoms with van der Waals surface area (Å²) in [6.07, 6.45) is -2.91. The van der Waals surface area contributed by atoms with Gasteiger partial charge in [-0.05, 0) is 30.7 Å². The number of phenols is 1. The summed E-state index contributed by atoms with van der Waals surface area (Å²) >= 11 is 0. The molecule has 0 spiro atoms. The van der Waals surface area contributed by atoms with Gasteiger partial charge in [0, 0.05) is 5.69 Å². The van der Waals surface area contributed by atoms with Crippen LogP contribution in [0.25, 0.3) is 16.9 Å². The first-order chi connectivity index (χ1) is 10.4. The van der Waals surface area contributed by atoms with Crippen LogP contribution in [0.4, 0.5) is 13.2 Å². The van der Waals surface area contributed by atoms with Crippen LogP contribution in [0.3, 0.4) is 0 Å². The summed E-state index contributed by atoms with van der Waals surface area (Å²) in [5, 5.41) is 9.30. The van der Waals surface area contributed by atoms with Gasteiger partial charge < -0.3 is 5.11 Å². The fourth-order valence-electron chi connectivity index (χ4n) is 2.13. The van der Waals surface area contributed by atoms with Crippen molar-refractivity contribution >= 4 is 11.2 Å². The fourth-order valence-corrected chi connectivity index (χ4v) is 2.13. The van der Waals surface area contributed by atoms with Crippen molar-refractivity contribution in [2.75, 3.05) is 0 Å². The van der Waals surface area contributed by atoms with Gasteiger partial charge in [-0.3, -0.25) is 4.57 Å². The van der Waals surface area contributed by atoms with Gasteiger partial charge >= 0.3 is 6.18 Å². The normalized spacial score (nSPS) is 12.0. The van der Waals surface area contributed by atoms with Gasteiger partial charge in [-0.1, -0.05) is 6.92 Å². The number of alkyl halides is 3. The van der Waals surface area contributed by atoms with Crippen LogP contribution >= 0.6 is 0 Å². The lowest BCUT2D eigenvalue weighted by Gasteiger charge is -2.09. The fraction of sp³-hybridized carbons (Fsp3) is 0.214. The lowest BCUT2D eigenvalue weighted by atomic mass is 10.2. The average Bonchev–Trinajstić information content (AvgIpc) is 2.90. The van der Waals surface area contributed by atoms with Crippen molar-refractivity contribution in [1.82, 2.24) is 19.5 Å². The Bertz CT molecular complexity index is 824. The number of hydrogen-bond acceptors (Lipinski definition) is 4. The van der Waals surface area contributed by atoms with Crippen LogP contribution in [-0.4, -0.2) is 24.6 Å². The van der Waals surface area contributed by atoms with E-state index in [1.54, 1.807) is 19.1 Å². The number of aryl methyl sites for hydroxylation is 1. The molecule has 8 heteroatoms. The topological polar surface area (TPSA) is 63.8 Å². The Balaban J connectivity index is 2.26. The monoisotopic (exact) mass is 308 g/mol. The standard InChI is InChI=1S/C14H11F3N4O/c1-2-10-11-12(20-13(19-10)14(15,16)17)21(7-18-11)8-3-5-9(22)6-4-8/h3-7,22H,2H2,1H3. The highest BCUT2D eigenvalue weighted by Crippen LogP contribution is 2.29. The van der Waals surface area contributed by atoms with E-state index in [0.29, 0.717) is 17.6 Å². The second-order valence-electron chi connectivity index (χ2n) is 4.65. The Labute approximate surface area is 123 Å². The van der Waals surface area contributed by atoms with Crippen molar-refractivity contribution < 1.29 is 18.3 Å². The predicted molar refractivity (Wildman–Crippen MR) is 72.7 cm³/mol. The quantitative estimate of drug-likeness (QED) is 0.790. The van der Waals surface area contributed by atoms with Gasteiger partial charge in [0.25, 0.3) is 0 Å². The number of aromatic nitrogens is 4. The summed E-state index contributed by atoms with van der Waals surface area (Å²) in [6.45, 7) is 1.71. The number of rotatable bonds is 2. The number of benzene rings is 1. The van der Waals surface area contributed by atoms with E-state index in [0.717, 1.165) is 0 Å². The summed E-state index contributed by atoms with van der Waals surface area (Å²) in [7, 11) is 0. The molecule has 0 aliphatic heterocycles. The molecule has 0 radical (unpaired) electrons. The predicted octanol–water partition coefficient (Wildman–Crippen LogP) is 3.10. The Morgan fingerprint density at radius 2 is 1.82 bits per heavy atom. The van der Waals surface area contributed by atoms with E-state index in [4.69, 9.17) is 0 Å². The van der Waals surface area contributed by atoms with E-state index in [2.05, 4.69) is 15.0 Å². The molecule has 0 unspecified atom stereocenters. The molecule has 2 heterocycles. The van der Waals surface area contributed by atoms with E-state index in [9.17, 15) is 18.3 Å². The highest BCUT2D eigenvalue weighted by Gasteiger charge is 2.36. The van der Waals surface area contributed by atoms with Crippen LogP contribution in [0, 0.1) is 0 Å². The van der Waals surface area contributed by atoms with Gasteiger partial charge in [-0.25, -0.2) is 15.0 Å². The third kappa shape index (κ3) is 2.36. The third-order valence-electron chi connectivity index (χ3n) is 3.18. The van der Waals surface area contributed by atoms with Crippen molar-refractivity contribution in [2.24, 2.45) is 0 Å². The number of imidazole rings is 1. The van der Waals surface area contributed by atoms with Crippen molar-refractivity contribution in [3.63, 3.8) is 0 Å². The molecule has 5 nitrogen and oxygen atoms in total. The van der Waals surface area contributed by atoms with Gasteiger partial charge in [0.15, 0.2) is 5.65 Å². The lowest BCUT2D eigenvalue weighted by Crippen LogP contribution is -2.13. The Morgan fingerprint density at radius 3 is 2.41 bits per heavy atom. The summed E-state index contributed by atoms with van der Waals surface area (Å²) < 4.78 is 40.2. The van der Waals surface area contributed by atoms with Gasteiger partial charge in [0.05, 0.1) is 5.69 Å².